The minimum absolute atomic E-state index is 0.282. The molecule has 0 spiro atoms. The number of hydrogen-bond acceptors (Lipinski definition) is 5. The Morgan fingerprint density at radius 2 is 1.76 bits per heavy atom. The Morgan fingerprint density at radius 3 is 2.48 bits per heavy atom. The van der Waals surface area contributed by atoms with Gasteiger partial charge in [-0.05, 0) is 43.2 Å². The number of carbonyl (C=O) groups excluding carboxylic acids is 2. The molecule has 1 unspecified atom stereocenters. The maximum atomic E-state index is 13.6. The first-order valence-corrected chi connectivity index (χ1v) is 10.7. The zero-order valence-corrected chi connectivity index (χ0v) is 19.2. The zero-order chi connectivity index (χ0) is 23.8. The van der Waals surface area contributed by atoms with Gasteiger partial charge in [0.05, 0.1) is 38.4 Å². The molecule has 0 saturated carbocycles. The van der Waals surface area contributed by atoms with Crippen LogP contribution < -0.4 is 14.4 Å². The van der Waals surface area contributed by atoms with Crippen molar-refractivity contribution in [2.75, 3.05) is 19.1 Å². The third kappa shape index (κ3) is 3.98. The number of para-hydroxylation sites is 1. The lowest BCUT2D eigenvalue weighted by Crippen LogP contribution is -2.41. The number of Topliss-reactive ketones (excluding diaryl/α,β-unsaturated/α-hetero) is 1. The second kappa shape index (κ2) is 8.71. The van der Waals surface area contributed by atoms with E-state index in [1.165, 1.54) is 14.2 Å². The van der Waals surface area contributed by atoms with Crippen LogP contribution in [-0.2, 0) is 16.9 Å². The summed E-state index contributed by atoms with van der Waals surface area (Å²) in [6.07, 6.45) is -0.394. The summed E-state index contributed by atoms with van der Waals surface area (Å²) in [5.41, 5.74) is 2.50. The Bertz CT molecular complexity index is 1230. The van der Waals surface area contributed by atoms with E-state index in [1.807, 2.05) is 38.1 Å². The Labute approximate surface area is 193 Å². The van der Waals surface area contributed by atoms with Crippen molar-refractivity contribution in [3.63, 3.8) is 0 Å². The fourth-order valence-electron chi connectivity index (χ4n) is 4.33. The standard InChI is InChI=1S/C27H27NO5/c1-17-9-10-18(2)19(13-17)16-28-23-8-6-5-7-22(23)27(31,26(28)30)15-24(29)21-12-11-20(32-3)14-25(21)33-4/h5-14,31H,15-16H2,1-4H3. The summed E-state index contributed by atoms with van der Waals surface area (Å²) in [6.45, 7) is 4.30. The largest absolute Gasteiger partial charge is 0.497 e. The minimum atomic E-state index is -1.96. The predicted octanol–water partition coefficient (Wildman–Crippen LogP) is 4.33. The van der Waals surface area contributed by atoms with Crippen LogP contribution in [0.2, 0.25) is 0 Å². The monoisotopic (exact) mass is 445 g/mol. The van der Waals surface area contributed by atoms with E-state index in [-0.39, 0.29) is 5.56 Å². The third-order valence-electron chi connectivity index (χ3n) is 6.20. The number of benzene rings is 3. The fourth-order valence-corrected chi connectivity index (χ4v) is 4.33. The van der Waals surface area contributed by atoms with Gasteiger partial charge in [0.2, 0.25) is 0 Å². The lowest BCUT2D eigenvalue weighted by molar-refractivity contribution is -0.136. The normalized spacial score (nSPS) is 17.1. The third-order valence-corrected chi connectivity index (χ3v) is 6.20. The Balaban J connectivity index is 1.70. The van der Waals surface area contributed by atoms with Crippen LogP contribution in [-0.4, -0.2) is 31.0 Å². The number of aliphatic hydroxyl groups is 1. The number of methoxy groups -OCH3 is 2. The van der Waals surface area contributed by atoms with Crippen molar-refractivity contribution in [2.24, 2.45) is 0 Å². The van der Waals surface area contributed by atoms with Crippen LogP contribution in [0, 0.1) is 13.8 Å². The Kier molecular flexibility index (Phi) is 5.95. The summed E-state index contributed by atoms with van der Waals surface area (Å²) in [7, 11) is 2.99. The molecular formula is C27H27NO5. The van der Waals surface area contributed by atoms with Crippen LogP contribution in [0.4, 0.5) is 5.69 Å². The second-order valence-corrected chi connectivity index (χ2v) is 8.36. The van der Waals surface area contributed by atoms with Gasteiger partial charge >= 0.3 is 0 Å². The van der Waals surface area contributed by atoms with Gasteiger partial charge in [0.25, 0.3) is 5.91 Å². The van der Waals surface area contributed by atoms with Gasteiger partial charge in [-0.25, -0.2) is 0 Å². The van der Waals surface area contributed by atoms with Crippen molar-refractivity contribution in [1.29, 1.82) is 0 Å². The topological polar surface area (TPSA) is 76.1 Å². The van der Waals surface area contributed by atoms with E-state index in [2.05, 4.69) is 0 Å². The SMILES string of the molecule is COc1ccc(C(=O)CC2(O)C(=O)N(Cc3cc(C)ccc3C)c3ccccc32)c(OC)c1. The molecule has 0 bridgehead atoms. The molecule has 170 valence electrons. The van der Waals surface area contributed by atoms with Crippen molar-refractivity contribution in [1.82, 2.24) is 0 Å². The van der Waals surface area contributed by atoms with Gasteiger partial charge in [-0.15, -0.1) is 0 Å². The summed E-state index contributed by atoms with van der Waals surface area (Å²) in [6, 6.07) is 18.0. The number of ketones is 1. The number of fused-ring (bicyclic) bond motifs is 1. The number of carbonyl (C=O) groups is 2. The lowest BCUT2D eigenvalue weighted by Gasteiger charge is -2.24. The summed E-state index contributed by atoms with van der Waals surface area (Å²) in [5.74, 6) is -0.0304. The molecule has 3 aromatic carbocycles. The molecule has 1 aliphatic heterocycles. The maximum Gasteiger partial charge on any atom is 0.264 e. The van der Waals surface area contributed by atoms with Gasteiger partial charge in [0.15, 0.2) is 11.4 Å². The van der Waals surface area contributed by atoms with Gasteiger partial charge in [0, 0.05) is 11.6 Å². The first-order chi connectivity index (χ1) is 15.8. The summed E-state index contributed by atoms with van der Waals surface area (Å²) in [5, 5.41) is 11.6. The first kappa shape index (κ1) is 22.6. The van der Waals surface area contributed by atoms with Crippen molar-refractivity contribution in [3.8, 4) is 11.5 Å². The number of nitrogens with zero attached hydrogens (tertiary/aromatic N) is 1. The first-order valence-electron chi connectivity index (χ1n) is 10.7. The molecule has 0 aromatic heterocycles. The van der Waals surface area contributed by atoms with E-state index in [9.17, 15) is 14.7 Å². The molecule has 1 atom stereocenters. The number of hydrogen-bond donors (Lipinski definition) is 1. The van der Waals surface area contributed by atoms with Crippen LogP contribution in [0.25, 0.3) is 0 Å². The molecule has 0 radical (unpaired) electrons. The van der Waals surface area contributed by atoms with Crippen LogP contribution >= 0.6 is 0 Å². The van der Waals surface area contributed by atoms with E-state index in [4.69, 9.17) is 9.47 Å². The molecule has 0 aliphatic carbocycles. The van der Waals surface area contributed by atoms with Gasteiger partial charge in [-0.1, -0.05) is 42.0 Å². The predicted molar refractivity (Wildman–Crippen MR) is 126 cm³/mol. The van der Waals surface area contributed by atoms with Crippen LogP contribution in [0.5, 0.6) is 11.5 Å². The number of ether oxygens (including phenoxy) is 2. The Morgan fingerprint density at radius 1 is 1.00 bits per heavy atom. The van der Waals surface area contributed by atoms with Crippen molar-refractivity contribution >= 4 is 17.4 Å². The van der Waals surface area contributed by atoms with E-state index in [0.29, 0.717) is 29.3 Å². The van der Waals surface area contributed by atoms with E-state index < -0.39 is 23.7 Å². The highest BCUT2D eigenvalue weighted by Crippen LogP contribution is 2.44. The smallest absolute Gasteiger partial charge is 0.264 e. The minimum Gasteiger partial charge on any atom is -0.497 e. The molecule has 6 nitrogen and oxygen atoms in total. The summed E-state index contributed by atoms with van der Waals surface area (Å²) in [4.78, 5) is 28.4. The quantitative estimate of drug-likeness (QED) is 0.548. The van der Waals surface area contributed by atoms with Crippen molar-refractivity contribution in [2.45, 2.75) is 32.4 Å². The summed E-state index contributed by atoms with van der Waals surface area (Å²) >= 11 is 0. The van der Waals surface area contributed by atoms with Crippen LogP contribution in [0.3, 0.4) is 0 Å². The van der Waals surface area contributed by atoms with Gasteiger partial charge in [0.1, 0.15) is 11.5 Å². The molecule has 6 heteroatoms. The molecule has 1 amide bonds. The van der Waals surface area contributed by atoms with Gasteiger partial charge in [-0.2, -0.15) is 0 Å². The molecule has 33 heavy (non-hydrogen) atoms. The molecule has 0 saturated heterocycles. The van der Waals surface area contributed by atoms with Gasteiger partial charge < -0.3 is 19.5 Å². The molecule has 3 aromatic rings. The second-order valence-electron chi connectivity index (χ2n) is 8.36. The number of rotatable bonds is 7. The maximum absolute atomic E-state index is 13.6. The average molecular weight is 446 g/mol. The van der Waals surface area contributed by atoms with Crippen molar-refractivity contribution < 1.29 is 24.2 Å². The van der Waals surface area contributed by atoms with E-state index in [0.717, 1.165) is 16.7 Å². The highest BCUT2D eigenvalue weighted by atomic mass is 16.5. The highest BCUT2D eigenvalue weighted by Gasteiger charge is 2.51. The molecule has 1 N–H and O–H groups in total. The highest BCUT2D eigenvalue weighted by molar-refractivity contribution is 6.11. The number of aryl methyl sites for hydroxylation is 2. The van der Waals surface area contributed by atoms with Crippen molar-refractivity contribution in [3.05, 3.63) is 88.5 Å². The van der Waals surface area contributed by atoms with E-state index in [1.54, 1.807) is 41.3 Å². The Hall–Kier alpha value is -3.64. The molecule has 4 rings (SSSR count). The number of anilines is 1. The van der Waals surface area contributed by atoms with Crippen LogP contribution in [0.1, 0.15) is 39.0 Å². The summed E-state index contributed by atoms with van der Waals surface area (Å²) < 4.78 is 10.5. The molecule has 0 fully saturated rings. The molecule has 1 heterocycles. The van der Waals surface area contributed by atoms with E-state index >= 15 is 0 Å². The fraction of sp³-hybridized carbons (Fsp3) is 0.259. The average Bonchev–Trinajstić information content (AvgIpc) is 3.02. The number of amides is 1. The zero-order valence-electron chi connectivity index (χ0n) is 19.2. The van der Waals surface area contributed by atoms with Gasteiger partial charge in [-0.3, -0.25) is 9.59 Å². The van der Waals surface area contributed by atoms with Crippen LogP contribution in [0.15, 0.2) is 60.7 Å². The lowest BCUT2D eigenvalue weighted by atomic mass is 9.88. The molecule has 1 aliphatic rings. The molecular weight excluding hydrogens is 418 g/mol.